The van der Waals surface area contributed by atoms with Gasteiger partial charge in [0.05, 0.1) is 6.21 Å². The van der Waals surface area contributed by atoms with Crippen LogP contribution in [0.4, 0.5) is 0 Å². The standard InChI is InChI=1S/C22H22N4O2/c23-22(24)26-25-14-19-11-20(27-15-17-7-3-1-4-8-17)13-21(12-19)28-16-18-9-5-2-6-10-18/h1-14H,15-16H2,(H4,23,24,26). The van der Waals surface area contributed by atoms with Gasteiger partial charge in [0, 0.05) is 11.6 Å². The highest BCUT2D eigenvalue weighted by Gasteiger charge is 2.04. The molecule has 4 N–H and O–H groups in total. The smallest absolute Gasteiger partial charge is 0.211 e. The zero-order chi connectivity index (χ0) is 19.6. The van der Waals surface area contributed by atoms with Gasteiger partial charge >= 0.3 is 0 Å². The van der Waals surface area contributed by atoms with Crippen molar-refractivity contribution in [3.8, 4) is 11.5 Å². The van der Waals surface area contributed by atoms with Gasteiger partial charge < -0.3 is 20.9 Å². The zero-order valence-electron chi connectivity index (χ0n) is 15.4. The van der Waals surface area contributed by atoms with Crippen LogP contribution in [-0.2, 0) is 13.2 Å². The van der Waals surface area contributed by atoms with Crippen molar-refractivity contribution in [1.82, 2.24) is 0 Å². The van der Waals surface area contributed by atoms with Crippen LogP contribution in [0.15, 0.2) is 89.1 Å². The van der Waals surface area contributed by atoms with Crippen molar-refractivity contribution in [3.63, 3.8) is 0 Å². The summed E-state index contributed by atoms with van der Waals surface area (Å²) in [4.78, 5) is 0. The largest absolute Gasteiger partial charge is 0.489 e. The summed E-state index contributed by atoms with van der Waals surface area (Å²) in [5, 5.41) is 7.49. The topological polar surface area (TPSA) is 95.2 Å². The Morgan fingerprint density at radius 3 is 1.71 bits per heavy atom. The van der Waals surface area contributed by atoms with E-state index in [4.69, 9.17) is 20.9 Å². The van der Waals surface area contributed by atoms with Gasteiger partial charge in [0.2, 0.25) is 5.96 Å². The van der Waals surface area contributed by atoms with Crippen LogP contribution >= 0.6 is 0 Å². The summed E-state index contributed by atoms with van der Waals surface area (Å²) in [5.74, 6) is 1.23. The highest BCUT2D eigenvalue weighted by molar-refractivity contribution is 5.82. The molecular formula is C22H22N4O2. The van der Waals surface area contributed by atoms with Crippen molar-refractivity contribution >= 4 is 12.2 Å². The predicted octanol–water partition coefficient (Wildman–Crippen LogP) is 3.45. The third-order valence-corrected chi connectivity index (χ3v) is 3.78. The van der Waals surface area contributed by atoms with E-state index in [1.807, 2.05) is 78.9 Å². The molecule has 0 radical (unpaired) electrons. The minimum Gasteiger partial charge on any atom is -0.489 e. The van der Waals surface area contributed by atoms with E-state index < -0.39 is 0 Å². The van der Waals surface area contributed by atoms with E-state index in [-0.39, 0.29) is 5.96 Å². The van der Waals surface area contributed by atoms with Gasteiger partial charge in [0.1, 0.15) is 24.7 Å². The molecule has 0 aromatic heterocycles. The number of nitrogens with two attached hydrogens (primary N) is 2. The molecule has 0 saturated heterocycles. The Hall–Kier alpha value is -3.80. The van der Waals surface area contributed by atoms with Crippen molar-refractivity contribution in [3.05, 3.63) is 95.6 Å². The van der Waals surface area contributed by atoms with E-state index in [0.29, 0.717) is 24.7 Å². The van der Waals surface area contributed by atoms with Gasteiger partial charge in [-0.2, -0.15) is 5.10 Å². The first-order chi connectivity index (χ1) is 13.7. The number of hydrogen-bond donors (Lipinski definition) is 2. The lowest BCUT2D eigenvalue weighted by Gasteiger charge is -2.11. The quantitative estimate of drug-likeness (QED) is 0.359. The highest BCUT2D eigenvalue weighted by Crippen LogP contribution is 2.24. The van der Waals surface area contributed by atoms with Crippen LogP contribution in [-0.4, -0.2) is 12.2 Å². The molecule has 0 spiro atoms. The maximum atomic E-state index is 5.93. The van der Waals surface area contributed by atoms with Crippen LogP contribution in [0.3, 0.4) is 0 Å². The molecule has 0 aliphatic rings. The van der Waals surface area contributed by atoms with Crippen LogP contribution in [0.1, 0.15) is 16.7 Å². The second-order valence-electron chi connectivity index (χ2n) is 6.06. The first kappa shape index (κ1) is 19.0. The average molecular weight is 374 g/mol. The molecule has 6 nitrogen and oxygen atoms in total. The summed E-state index contributed by atoms with van der Waals surface area (Å²) in [7, 11) is 0. The normalized spacial score (nSPS) is 10.6. The third kappa shape index (κ3) is 6.17. The molecule has 0 saturated carbocycles. The number of guanidine groups is 1. The lowest BCUT2D eigenvalue weighted by atomic mass is 10.2. The van der Waals surface area contributed by atoms with E-state index in [1.165, 1.54) is 0 Å². The lowest BCUT2D eigenvalue weighted by Crippen LogP contribution is -2.21. The first-order valence-electron chi connectivity index (χ1n) is 8.79. The molecule has 3 rings (SSSR count). The number of hydrogen-bond acceptors (Lipinski definition) is 4. The summed E-state index contributed by atoms with van der Waals surface area (Å²) < 4.78 is 11.9. The molecule has 3 aromatic carbocycles. The van der Waals surface area contributed by atoms with Crippen LogP contribution in [0, 0.1) is 0 Å². The van der Waals surface area contributed by atoms with Crippen LogP contribution in [0.2, 0.25) is 0 Å². The van der Waals surface area contributed by atoms with E-state index in [9.17, 15) is 0 Å². The minimum atomic E-state index is -0.103. The minimum absolute atomic E-state index is 0.103. The molecule has 0 atom stereocenters. The van der Waals surface area contributed by atoms with Crippen molar-refractivity contribution < 1.29 is 9.47 Å². The maximum Gasteiger partial charge on any atom is 0.211 e. The molecule has 0 fully saturated rings. The molecule has 142 valence electrons. The Kier molecular flexibility index (Phi) is 6.62. The van der Waals surface area contributed by atoms with Crippen LogP contribution in [0.5, 0.6) is 11.5 Å². The Bertz CT molecular complexity index is 876. The van der Waals surface area contributed by atoms with Gasteiger partial charge in [0.25, 0.3) is 0 Å². The highest BCUT2D eigenvalue weighted by atomic mass is 16.5. The molecule has 0 amide bonds. The third-order valence-electron chi connectivity index (χ3n) is 3.78. The van der Waals surface area contributed by atoms with Crippen LogP contribution in [0.25, 0.3) is 0 Å². The van der Waals surface area contributed by atoms with Gasteiger partial charge in [0.15, 0.2) is 0 Å². The molecule has 0 aliphatic heterocycles. The van der Waals surface area contributed by atoms with E-state index in [0.717, 1.165) is 16.7 Å². The summed E-state index contributed by atoms with van der Waals surface area (Å²) in [6.07, 6.45) is 1.55. The van der Waals surface area contributed by atoms with Crippen molar-refractivity contribution in [2.45, 2.75) is 13.2 Å². The van der Waals surface area contributed by atoms with Gasteiger partial charge in [-0.15, -0.1) is 5.10 Å². The van der Waals surface area contributed by atoms with Crippen molar-refractivity contribution in [2.24, 2.45) is 21.7 Å². The second-order valence-corrected chi connectivity index (χ2v) is 6.06. The Morgan fingerprint density at radius 1 is 0.750 bits per heavy atom. The average Bonchev–Trinajstić information content (AvgIpc) is 2.72. The van der Waals surface area contributed by atoms with Gasteiger partial charge in [-0.05, 0) is 23.3 Å². The zero-order valence-corrected chi connectivity index (χ0v) is 15.4. The van der Waals surface area contributed by atoms with Crippen molar-refractivity contribution in [2.75, 3.05) is 0 Å². The number of nitrogens with zero attached hydrogens (tertiary/aromatic N) is 2. The molecule has 0 bridgehead atoms. The van der Waals surface area contributed by atoms with E-state index in [2.05, 4.69) is 10.2 Å². The first-order valence-corrected chi connectivity index (χ1v) is 8.79. The van der Waals surface area contributed by atoms with E-state index in [1.54, 1.807) is 6.21 Å². The lowest BCUT2D eigenvalue weighted by molar-refractivity contribution is 0.290. The molecule has 28 heavy (non-hydrogen) atoms. The molecule has 0 heterocycles. The van der Waals surface area contributed by atoms with E-state index >= 15 is 0 Å². The van der Waals surface area contributed by atoms with Gasteiger partial charge in [-0.1, -0.05) is 60.7 Å². The number of benzene rings is 3. The van der Waals surface area contributed by atoms with Gasteiger partial charge in [-0.3, -0.25) is 0 Å². The fourth-order valence-electron chi connectivity index (χ4n) is 2.48. The molecular weight excluding hydrogens is 352 g/mol. The summed E-state index contributed by atoms with van der Waals surface area (Å²) in [6, 6.07) is 25.5. The summed E-state index contributed by atoms with van der Waals surface area (Å²) >= 11 is 0. The van der Waals surface area contributed by atoms with Crippen molar-refractivity contribution in [1.29, 1.82) is 0 Å². The fourth-order valence-corrected chi connectivity index (χ4v) is 2.48. The molecule has 6 heteroatoms. The molecule has 0 unspecified atom stereocenters. The predicted molar refractivity (Wildman–Crippen MR) is 111 cm³/mol. The second kappa shape index (κ2) is 9.78. The molecule has 0 aliphatic carbocycles. The fraction of sp³-hybridized carbons (Fsp3) is 0.0909. The summed E-state index contributed by atoms with van der Waals surface area (Å²) in [5.41, 5.74) is 13.5. The van der Waals surface area contributed by atoms with Gasteiger partial charge in [-0.25, -0.2) is 0 Å². The molecule has 3 aromatic rings. The summed E-state index contributed by atoms with van der Waals surface area (Å²) in [6.45, 7) is 0.904. The SMILES string of the molecule is NC(N)=NN=Cc1cc(OCc2ccccc2)cc(OCc2ccccc2)c1. The van der Waals surface area contributed by atoms with Crippen LogP contribution < -0.4 is 20.9 Å². The number of ether oxygens (including phenoxy) is 2. The monoisotopic (exact) mass is 374 g/mol. The number of rotatable bonds is 8. The maximum absolute atomic E-state index is 5.93. The Balaban J connectivity index is 1.76. The Morgan fingerprint density at radius 2 is 1.25 bits per heavy atom. The Labute approximate surface area is 164 Å².